The average molecular weight is 277 g/mol. The maximum Gasteiger partial charge on any atom is 0.303 e. The highest BCUT2D eigenvalue weighted by atomic mass is 16.4. The number of aliphatic carboxylic acids is 1. The average Bonchev–Trinajstić information content (AvgIpc) is 2.30. The van der Waals surface area contributed by atoms with Gasteiger partial charge in [0.15, 0.2) is 0 Å². The summed E-state index contributed by atoms with van der Waals surface area (Å²) < 4.78 is 0. The number of hydrogen-bond acceptors (Lipinski definition) is 2. The molecule has 0 unspecified atom stereocenters. The Morgan fingerprint density at radius 3 is 1.95 bits per heavy atom. The zero-order valence-electron chi connectivity index (χ0n) is 11.9. The minimum atomic E-state index is -0.739. The van der Waals surface area contributed by atoms with Crippen LogP contribution in [-0.2, 0) is 9.59 Å². The van der Waals surface area contributed by atoms with Crippen molar-refractivity contribution in [3.8, 4) is 0 Å². The first-order valence-corrected chi connectivity index (χ1v) is 8.05. The van der Waals surface area contributed by atoms with E-state index in [1.54, 1.807) is 0 Å². The summed E-state index contributed by atoms with van der Waals surface area (Å²) in [7, 11) is 0. The third-order valence-electron chi connectivity index (χ3n) is 6.20. The van der Waals surface area contributed by atoms with Crippen molar-refractivity contribution in [2.45, 2.75) is 44.9 Å². The SMILES string of the molecule is O=C(O)CC1CN(C(=O)C23CC4CC(CC(C4)C2)C3)C1. The monoisotopic (exact) mass is 277 g/mol. The maximum absolute atomic E-state index is 12.9. The van der Waals surface area contributed by atoms with Crippen molar-refractivity contribution in [1.82, 2.24) is 4.90 Å². The van der Waals surface area contributed by atoms with E-state index in [1.165, 1.54) is 19.3 Å². The van der Waals surface area contributed by atoms with Gasteiger partial charge in [-0.3, -0.25) is 9.59 Å². The molecule has 4 nitrogen and oxygen atoms in total. The van der Waals surface area contributed by atoms with Gasteiger partial charge in [-0.1, -0.05) is 0 Å². The lowest BCUT2D eigenvalue weighted by Crippen LogP contribution is -2.60. The van der Waals surface area contributed by atoms with Crippen LogP contribution in [-0.4, -0.2) is 35.0 Å². The summed E-state index contributed by atoms with van der Waals surface area (Å²) in [6.07, 6.45) is 7.61. The van der Waals surface area contributed by atoms with E-state index < -0.39 is 5.97 Å². The fourth-order valence-corrected chi connectivity index (χ4v) is 5.82. The van der Waals surface area contributed by atoms with E-state index in [1.807, 2.05) is 4.90 Å². The molecule has 0 aromatic heterocycles. The van der Waals surface area contributed by atoms with Crippen molar-refractivity contribution in [3.05, 3.63) is 0 Å². The molecule has 5 rings (SSSR count). The zero-order chi connectivity index (χ0) is 13.9. The van der Waals surface area contributed by atoms with Gasteiger partial charge in [-0.05, 0) is 56.3 Å². The molecule has 1 aliphatic heterocycles. The molecule has 4 aliphatic carbocycles. The van der Waals surface area contributed by atoms with Gasteiger partial charge in [0.05, 0.1) is 11.8 Å². The van der Waals surface area contributed by atoms with Gasteiger partial charge in [0.2, 0.25) is 5.91 Å². The predicted octanol–water partition coefficient (Wildman–Crippen LogP) is 2.14. The van der Waals surface area contributed by atoms with Crippen molar-refractivity contribution in [1.29, 1.82) is 0 Å². The highest BCUT2D eigenvalue weighted by Crippen LogP contribution is 2.60. The summed E-state index contributed by atoms with van der Waals surface area (Å²) >= 11 is 0. The second-order valence-corrected chi connectivity index (χ2v) is 7.87. The quantitative estimate of drug-likeness (QED) is 0.860. The van der Waals surface area contributed by atoms with Gasteiger partial charge in [0, 0.05) is 19.0 Å². The Kier molecular flexibility index (Phi) is 2.67. The number of carboxylic acids is 1. The van der Waals surface area contributed by atoms with Crippen molar-refractivity contribution in [2.75, 3.05) is 13.1 Å². The molecule has 0 radical (unpaired) electrons. The Morgan fingerprint density at radius 1 is 1.00 bits per heavy atom. The van der Waals surface area contributed by atoms with Gasteiger partial charge in [-0.2, -0.15) is 0 Å². The number of carboxylic acid groups (broad SMARTS) is 1. The minimum Gasteiger partial charge on any atom is -0.481 e. The second-order valence-electron chi connectivity index (χ2n) is 7.87. The summed E-state index contributed by atoms with van der Waals surface area (Å²) in [5.74, 6) is 2.18. The van der Waals surface area contributed by atoms with Gasteiger partial charge in [-0.25, -0.2) is 0 Å². The highest BCUT2D eigenvalue weighted by Gasteiger charge is 2.56. The Labute approximate surface area is 119 Å². The number of nitrogens with zero attached hydrogens (tertiary/aromatic N) is 1. The Bertz CT molecular complexity index is 417. The first kappa shape index (κ1) is 12.7. The van der Waals surface area contributed by atoms with Gasteiger partial charge < -0.3 is 10.0 Å². The number of carbonyl (C=O) groups is 2. The summed E-state index contributed by atoms with van der Waals surface area (Å²) in [6, 6.07) is 0. The van der Waals surface area contributed by atoms with Gasteiger partial charge in [-0.15, -0.1) is 0 Å². The number of carbonyl (C=O) groups excluding carboxylic acids is 1. The zero-order valence-corrected chi connectivity index (χ0v) is 11.9. The van der Waals surface area contributed by atoms with Crippen molar-refractivity contribution in [3.63, 3.8) is 0 Å². The molecule has 110 valence electrons. The van der Waals surface area contributed by atoms with Crippen molar-refractivity contribution >= 4 is 11.9 Å². The lowest BCUT2D eigenvalue weighted by Gasteiger charge is -2.57. The van der Waals surface area contributed by atoms with E-state index in [2.05, 4.69) is 0 Å². The summed E-state index contributed by atoms with van der Waals surface area (Å²) in [5, 5.41) is 8.80. The van der Waals surface area contributed by atoms with Crippen molar-refractivity contribution < 1.29 is 14.7 Å². The first-order chi connectivity index (χ1) is 9.54. The molecule has 1 heterocycles. The molecular formula is C16H23NO3. The summed E-state index contributed by atoms with van der Waals surface area (Å²) in [6.45, 7) is 1.35. The van der Waals surface area contributed by atoms with Crippen molar-refractivity contribution in [2.24, 2.45) is 29.1 Å². The van der Waals surface area contributed by atoms with E-state index in [0.29, 0.717) is 19.0 Å². The van der Waals surface area contributed by atoms with Crippen LogP contribution in [0, 0.1) is 29.1 Å². The number of hydrogen-bond donors (Lipinski definition) is 1. The fraction of sp³-hybridized carbons (Fsp3) is 0.875. The van der Waals surface area contributed by atoms with E-state index in [9.17, 15) is 9.59 Å². The van der Waals surface area contributed by atoms with Gasteiger partial charge in [0.1, 0.15) is 0 Å². The molecule has 4 heteroatoms. The van der Waals surface area contributed by atoms with Crippen LogP contribution in [0.5, 0.6) is 0 Å². The molecule has 5 fully saturated rings. The Morgan fingerprint density at radius 2 is 1.50 bits per heavy atom. The van der Waals surface area contributed by atoms with Crippen LogP contribution < -0.4 is 0 Å². The smallest absolute Gasteiger partial charge is 0.303 e. The third kappa shape index (κ3) is 1.87. The van der Waals surface area contributed by atoms with Crippen LogP contribution in [0.4, 0.5) is 0 Å². The molecule has 0 spiro atoms. The predicted molar refractivity (Wildman–Crippen MR) is 72.9 cm³/mol. The Balaban J connectivity index is 1.43. The maximum atomic E-state index is 12.9. The lowest BCUT2D eigenvalue weighted by molar-refractivity contribution is -0.165. The van der Waals surface area contributed by atoms with Crippen LogP contribution >= 0.6 is 0 Å². The molecule has 1 saturated heterocycles. The Hall–Kier alpha value is -1.06. The molecule has 0 aromatic rings. The van der Waals surface area contributed by atoms with Crippen LogP contribution in [0.25, 0.3) is 0 Å². The van der Waals surface area contributed by atoms with Gasteiger partial charge in [0.25, 0.3) is 0 Å². The van der Waals surface area contributed by atoms with Crippen LogP contribution in [0.3, 0.4) is 0 Å². The van der Waals surface area contributed by atoms with Crippen LogP contribution in [0.1, 0.15) is 44.9 Å². The fourth-order valence-electron chi connectivity index (χ4n) is 5.82. The third-order valence-corrected chi connectivity index (χ3v) is 6.20. The molecule has 4 saturated carbocycles. The number of likely N-dealkylation sites (tertiary alicyclic amines) is 1. The molecule has 1 N–H and O–H groups in total. The topological polar surface area (TPSA) is 57.6 Å². The molecule has 0 atom stereocenters. The lowest BCUT2D eigenvalue weighted by atomic mass is 9.49. The van der Waals surface area contributed by atoms with E-state index >= 15 is 0 Å². The molecule has 4 bridgehead atoms. The van der Waals surface area contributed by atoms with E-state index in [4.69, 9.17) is 5.11 Å². The standard InChI is InChI=1S/C16H23NO3/c18-14(19)4-13-8-17(9-13)15(20)16-5-10-1-11(6-16)3-12(2-10)7-16/h10-13H,1-9H2,(H,18,19). The van der Waals surface area contributed by atoms with Crippen LogP contribution in [0.2, 0.25) is 0 Å². The molecule has 0 aromatic carbocycles. The largest absolute Gasteiger partial charge is 0.481 e. The molecule has 20 heavy (non-hydrogen) atoms. The number of amides is 1. The summed E-state index contributed by atoms with van der Waals surface area (Å²) in [5.41, 5.74) is -0.0526. The first-order valence-electron chi connectivity index (χ1n) is 8.05. The van der Waals surface area contributed by atoms with Gasteiger partial charge >= 0.3 is 5.97 Å². The minimum absolute atomic E-state index is 0.0526. The molecular weight excluding hydrogens is 254 g/mol. The van der Waals surface area contributed by atoms with E-state index in [0.717, 1.165) is 37.0 Å². The second kappa shape index (κ2) is 4.22. The highest BCUT2D eigenvalue weighted by molar-refractivity contribution is 5.84. The molecule has 1 amide bonds. The number of rotatable bonds is 3. The van der Waals surface area contributed by atoms with E-state index in [-0.39, 0.29) is 17.8 Å². The van der Waals surface area contributed by atoms with Crippen LogP contribution in [0.15, 0.2) is 0 Å². The normalized spacial score (nSPS) is 42.6. The summed E-state index contributed by atoms with van der Waals surface area (Å²) in [4.78, 5) is 25.5. The molecule has 5 aliphatic rings.